The lowest BCUT2D eigenvalue weighted by Crippen LogP contribution is -2.49. The lowest BCUT2D eigenvalue weighted by Gasteiger charge is -2.34. The van der Waals surface area contributed by atoms with Gasteiger partial charge in [-0.25, -0.2) is 13.4 Å². The number of thioether (sulfide) groups is 1. The van der Waals surface area contributed by atoms with E-state index in [2.05, 4.69) is 21.5 Å². The number of thiazole rings is 1. The number of carbonyl (C=O) groups is 1. The molecule has 3 rings (SSSR count). The van der Waals surface area contributed by atoms with Crippen molar-refractivity contribution in [1.29, 1.82) is 0 Å². The lowest BCUT2D eigenvalue weighted by molar-refractivity contribution is -0.130. The van der Waals surface area contributed by atoms with Crippen LogP contribution in [0.15, 0.2) is 22.5 Å². The normalized spacial score (nSPS) is 16.0. The van der Waals surface area contributed by atoms with Crippen molar-refractivity contribution in [2.24, 2.45) is 0 Å². The second-order valence-corrected chi connectivity index (χ2v) is 10.5. The van der Waals surface area contributed by atoms with E-state index < -0.39 is 10.0 Å². The van der Waals surface area contributed by atoms with E-state index in [1.54, 1.807) is 18.2 Å². The number of hydrogen-bond acceptors (Lipinski definition) is 7. The lowest BCUT2D eigenvalue weighted by atomic mass is 10.3. The van der Waals surface area contributed by atoms with E-state index in [-0.39, 0.29) is 5.91 Å². The third kappa shape index (κ3) is 5.81. The van der Waals surface area contributed by atoms with Gasteiger partial charge in [0.15, 0.2) is 4.34 Å². The van der Waals surface area contributed by atoms with Gasteiger partial charge >= 0.3 is 0 Å². The molecule has 0 spiro atoms. The van der Waals surface area contributed by atoms with Crippen LogP contribution in [0.25, 0.3) is 10.2 Å². The Hall–Kier alpha value is -1.36. The van der Waals surface area contributed by atoms with Gasteiger partial charge in [-0.3, -0.25) is 14.4 Å². The topological polar surface area (TPSA) is 82.6 Å². The smallest absolute Gasteiger partial charge is 0.233 e. The molecule has 1 saturated heterocycles. The predicted molar refractivity (Wildman–Crippen MR) is 112 cm³/mol. The van der Waals surface area contributed by atoms with Crippen LogP contribution in [0, 0.1) is 0 Å². The molecule has 10 heteroatoms. The fourth-order valence-electron chi connectivity index (χ4n) is 2.99. The Labute approximate surface area is 168 Å². The molecule has 1 aromatic heterocycles. The minimum Gasteiger partial charge on any atom is -0.339 e. The van der Waals surface area contributed by atoms with Crippen LogP contribution in [0.1, 0.15) is 13.3 Å². The van der Waals surface area contributed by atoms with E-state index >= 15 is 0 Å². The van der Waals surface area contributed by atoms with E-state index in [1.807, 2.05) is 4.90 Å². The van der Waals surface area contributed by atoms with Crippen molar-refractivity contribution in [3.8, 4) is 0 Å². The quantitative estimate of drug-likeness (QED) is 0.682. The number of benzene rings is 1. The number of amides is 1. The molecule has 7 nitrogen and oxygen atoms in total. The van der Waals surface area contributed by atoms with Crippen molar-refractivity contribution in [2.75, 3.05) is 49.5 Å². The Bertz CT molecular complexity index is 905. The zero-order valence-corrected chi connectivity index (χ0v) is 17.9. The summed E-state index contributed by atoms with van der Waals surface area (Å²) < 4.78 is 26.9. The average molecular weight is 429 g/mol. The molecule has 2 heterocycles. The zero-order valence-electron chi connectivity index (χ0n) is 15.5. The van der Waals surface area contributed by atoms with Gasteiger partial charge in [-0.05, 0) is 31.2 Å². The van der Waals surface area contributed by atoms with Gasteiger partial charge in [0.25, 0.3) is 0 Å². The highest BCUT2D eigenvalue weighted by atomic mass is 32.2. The van der Waals surface area contributed by atoms with Gasteiger partial charge in [-0.2, -0.15) is 0 Å². The number of anilines is 1. The summed E-state index contributed by atoms with van der Waals surface area (Å²) in [5, 5.41) is 0. The minimum atomic E-state index is -3.31. The molecule has 0 saturated carbocycles. The number of nitrogens with zero attached hydrogens (tertiary/aromatic N) is 3. The van der Waals surface area contributed by atoms with Crippen molar-refractivity contribution in [3.05, 3.63) is 18.2 Å². The molecule has 1 amide bonds. The summed E-state index contributed by atoms with van der Waals surface area (Å²) in [7, 11) is -3.31. The second-order valence-electron chi connectivity index (χ2n) is 6.55. The van der Waals surface area contributed by atoms with Gasteiger partial charge in [0, 0.05) is 26.2 Å². The molecular formula is C17H24N4O3S3. The number of sulfonamides is 1. The van der Waals surface area contributed by atoms with Gasteiger partial charge in [0.2, 0.25) is 15.9 Å². The van der Waals surface area contributed by atoms with Gasteiger partial charge in [0.1, 0.15) is 0 Å². The number of rotatable bonds is 7. The highest BCUT2D eigenvalue weighted by molar-refractivity contribution is 8.01. The van der Waals surface area contributed by atoms with Gasteiger partial charge in [-0.15, -0.1) is 11.3 Å². The van der Waals surface area contributed by atoms with Crippen LogP contribution in [0.4, 0.5) is 5.69 Å². The van der Waals surface area contributed by atoms with Gasteiger partial charge in [-0.1, -0.05) is 18.7 Å². The third-order valence-electron chi connectivity index (χ3n) is 4.26. The summed E-state index contributed by atoms with van der Waals surface area (Å²) in [6, 6.07) is 5.25. The number of fused-ring (bicyclic) bond motifs is 1. The summed E-state index contributed by atoms with van der Waals surface area (Å²) >= 11 is 2.91. The predicted octanol–water partition coefficient (Wildman–Crippen LogP) is 2.31. The number of hydrogen-bond donors (Lipinski definition) is 1. The summed E-state index contributed by atoms with van der Waals surface area (Å²) in [5.41, 5.74) is 1.33. The van der Waals surface area contributed by atoms with Crippen molar-refractivity contribution in [1.82, 2.24) is 14.8 Å². The standard InChI is InChI=1S/C17H24N4O3S3/c1-3-6-20-7-9-21(10-8-20)16(22)12-25-17-18-14-5-4-13(11-15(14)26-17)19-27(2,23)24/h4-5,11,19H,3,6-10,12H2,1-2H3. The Morgan fingerprint density at radius 3 is 2.70 bits per heavy atom. The van der Waals surface area contributed by atoms with Crippen molar-refractivity contribution < 1.29 is 13.2 Å². The molecular weight excluding hydrogens is 404 g/mol. The molecule has 148 valence electrons. The summed E-state index contributed by atoms with van der Waals surface area (Å²) in [6.07, 6.45) is 2.27. The van der Waals surface area contributed by atoms with E-state index in [4.69, 9.17) is 0 Å². The molecule has 0 radical (unpaired) electrons. The van der Waals surface area contributed by atoms with Crippen LogP contribution in [0.3, 0.4) is 0 Å². The highest BCUT2D eigenvalue weighted by Crippen LogP contribution is 2.31. The Balaban J connectivity index is 1.56. The average Bonchev–Trinajstić information content (AvgIpc) is 3.01. The maximum atomic E-state index is 12.4. The molecule has 0 bridgehead atoms. The first-order chi connectivity index (χ1) is 12.8. The molecule has 1 aliphatic rings. The zero-order chi connectivity index (χ0) is 19.4. The molecule has 1 aliphatic heterocycles. The molecule has 1 fully saturated rings. The third-order valence-corrected chi connectivity index (χ3v) is 7.01. The fraction of sp³-hybridized carbons (Fsp3) is 0.529. The first kappa shape index (κ1) is 20.4. The van der Waals surface area contributed by atoms with Crippen LogP contribution in [-0.2, 0) is 14.8 Å². The fourth-order valence-corrected chi connectivity index (χ4v) is 5.56. The van der Waals surface area contributed by atoms with E-state index in [0.29, 0.717) is 11.4 Å². The number of carbonyl (C=O) groups excluding carboxylic acids is 1. The van der Waals surface area contributed by atoms with Gasteiger partial charge in [0.05, 0.1) is 27.9 Å². The second kappa shape index (κ2) is 8.76. The van der Waals surface area contributed by atoms with Gasteiger partial charge < -0.3 is 4.90 Å². The first-order valence-corrected chi connectivity index (χ1v) is 12.5. The van der Waals surface area contributed by atoms with E-state index in [1.165, 1.54) is 23.1 Å². The van der Waals surface area contributed by atoms with Crippen LogP contribution in [0.5, 0.6) is 0 Å². The Morgan fingerprint density at radius 2 is 2.04 bits per heavy atom. The molecule has 27 heavy (non-hydrogen) atoms. The van der Waals surface area contributed by atoms with E-state index in [0.717, 1.165) is 60.0 Å². The summed E-state index contributed by atoms with van der Waals surface area (Å²) in [4.78, 5) is 21.3. The molecule has 1 aromatic carbocycles. The number of aromatic nitrogens is 1. The molecule has 1 N–H and O–H groups in total. The maximum Gasteiger partial charge on any atom is 0.233 e. The summed E-state index contributed by atoms with van der Waals surface area (Å²) in [6.45, 7) is 6.74. The van der Waals surface area contributed by atoms with Crippen molar-refractivity contribution >= 4 is 54.9 Å². The minimum absolute atomic E-state index is 0.148. The van der Waals surface area contributed by atoms with E-state index in [9.17, 15) is 13.2 Å². The van der Waals surface area contributed by atoms with Crippen LogP contribution in [0.2, 0.25) is 0 Å². The molecule has 0 aliphatic carbocycles. The summed E-state index contributed by atoms with van der Waals surface area (Å²) in [5.74, 6) is 0.525. The number of nitrogens with one attached hydrogen (secondary N) is 1. The largest absolute Gasteiger partial charge is 0.339 e. The molecule has 0 atom stereocenters. The van der Waals surface area contributed by atoms with Crippen LogP contribution < -0.4 is 4.72 Å². The van der Waals surface area contributed by atoms with Crippen molar-refractivity contribution in [3.63, 3.8) is 0 Å². The number of piperazine rings is 1. The molecule has 2 aromatic rings. The monoisotopic (exact) mass is 428 g/mol. The molecule has 0 unspecified atom stereocenters. The SMILES string of the molecule is CCCN1CCN(C(=O)CSc2nc3ccc(NS(C)(=O)=O)cc3s2)CC1. The Morgan fingerprint density at radius 1 is 1.30 bits per heavy atom. The van der Waals surface area contributed by atoms with Crippen LogP contribution in [-0.4, -0.2) is 73.8 Å². The first-order valence-electron chi connectivity index (χ1n) is 8.85. The maximum absolute atomic E-state index is 12.4. The van der Waals surface area contributed by atoms with Crippen LogP contribution >= 0.6 is 23.1 Å². The Kier molecular flexibility index (Phi) is 6.61. The van der Waals surface area contributed by atoms with Crippen molar-refractivity contribution in [2.45, 2.75) is 17.7 Å². The highest BCUT2D eigenvalue weighted by Gasteiger charge is 2.21.